The Kier molecular flexibility index (Phi) is 3.30. The lowest BCUT2D eigenvalue weighted by Gasteiger charge is -2.10. The van der Waals surface area contributed by atoms with E-state index < -0.39 is 0 Å². The number of nitrogens with one attached hydrogen (secondary N) is 1. The molecule has 1 rings (SSSR count). The van der Waals surface area contributed by atoms with Crippen LogP contribution in [0.5, 0.6) is 0 Å². The molecular weight excluding hydrogens is 180 g/mol. The van der Waals surface area contributed by atoms with Crippen molar-refractivity contribution < 1.29 is 9.21 Å². The molecule has 0 aliphatic rings. The van der Waals surface area contributed by atoms with Gasteiger partial charge in [0, 0.05) is 11.6 Å². The largest absolute Gasteiger partial charge is 0.466 e. The normalized spacial score (nSPS) is 12.8. The summed E-state index contributed by atoms with van der Waals surface area (Å²) < 4.78 is 5.39. The highest BCUT2D eigenvalue weighted by Crippen LogP contribution is 2.20. The van der Waals surface area contributed by atoms with Crippen molar-refractivity contribution in [2.75, 3.05) is 6.54 Å². The zero-order valence-corrected chi connectivity index (χ0v) is 8.76. The number of carbonyl (C=O) groups is 1. The zero-order chi connectivity index (χ0) is 10.7. The first-order valence-corrected chi connectivity index (χ1v) is 4.59. The molecule has 1 aromatic rings. The molecule has 3 N–H and O–H groups in total. The molecule has 0 aromatic carbocycles. The Bertz CT molecular complexity index is 331. The monoisotopic (exact) mass is 196 g/mol. The molecule has 14 heavy (non-hydrogen) atoms. The van der Waals surface area contributed by atoms with Crippen LogP contribution < -0.4 is 11.1 Å². The van der Waals surface area contributed by atoms with Gasteiger partial charge < -0.3 is 15.5 Å². The van der Waals surface area contributed by atoms with E-state index >= 15 is 0 Å². The van der Waals surface area contributed by atoms with Gasteiger partial charge in [0.15, 0.2) is 0 Å². The highest BCUT2D eigenvalue weighted by atomic mass is 16.3. The number of hydrogen-bond donors (Lipinski definition) is 2. The minimum absolute atomic E-state index is 0.0833. The van der Waals surface area contributed by atoms with E-state index in [1.807, 2.05) is 26.8 Å². The van der Waals surface area contributed by atoms with Gasteiger partial charge in [0.1, 0.15) is 11.5 Å². The number of nitrogens with two attached hydrogens (primary N) is 1. The molecular formula is C10H16N2O2. The Hall–Kier alpha value is -1.29. The number of carbonyl (C=O) groups excluding carboxylic acids is 1. The first-order chi connectivity index (χ1) is 6.50. The van der Waals surface area contributed by atoms with Gasteiger partial charge >= 0.3 is 0 Å². The number of aryl methyl sites for hydroxylation is 2. The summed E-state index contributed by atoms with van der Waals surface area (Å²) in [6.07, 6.45) is 0. The molecule has 1 atom stereocenters. The lowest BCUT2D eigenvalue weighted by molar-refractivity contribution is -0.117. The maximum Gasteiger partial charge on any atom is 0.231 e. The van der Waals surface area contributed by atoms with Crippen LogP contribution in [-0.4, -0.2) is 12.5 Å². The maximum absolute atomic E-state index is 10.6. The van der Waals surface area contributed by atoms with Crippen molar-refractivity contribution in [3.8, 4) is 0 Å². The molecule has 0 bridgehead atoms. The third kappa shape index (κ3) is 2.60. The quantitative estimate of drug-likeness (QED) is 0.755. The summed E-state index contributed by atoms with van der Waals surface area (Å²) in [4.78, 5) is 10.6. The molecule has 1 amide bonds. The van der Waals surface area contributed by atoms with Crippen molar-refractivity contribution in [1.82, 2.24) is 5.32 Å². The maximum atomic E-state index is 10.6. The van der Waals surface area contributed by atoms with Crippen LogP contribution in [0.1, 0.15) is 30.0 Å². The van der Waals surface area contributed by atoms with Crippen LogP contribution in [0.3, 0.4) is 0 Å². The minimum atomic E-state index is -0.352. The molecule has 0 aliphatic carbocycles. The highest BCUT2D eigenvalue weighted by Gasteiger charge is 2.12. The number of furan rings is 1. The Morgan fingerprint density at radius 3 is 2.71 bits per heavy atom. The van der Waals surface area contributed by atoms with Gasteiger partial charge in [-0.15, -0.1) is 0 Å². The van der Waals surface area contributed by atoms with Gasteiger partial charge in [-0.05, 0) is 26.8 Å². The second kappa shape index (κ2) is 4.28. The van der Waals surface area contributed by atoms with Crippen LogP contribution in [0, 0.1) is 13.8 Å². The van der Waals surface area contributed by atoms with Crippen LogP contribution in [0.2, 0.25) is 0 Å². The van der Waals surface area contributed by atoms with E-state index in [9.17, 15) is 4.79 Å². The summed E-state index contributed by atoms with van der Waals surface area (Å²) in [5.41, 5.74) is 6.11. The Labute approximate surface area is 83.5 Å². The molecule has 0 saturated heterocycles. The standard InChI is InChI=1S/C10H16N2O2/c1-6-4-9(8(3)14-6)7(2)12-5-10(11)13/h4,7,12H,5H2,1-3H3,(H2,11,13). The first kappa shape index (κ1) is 10.8. The molecule has 0 radical (unpaired) electrons. The zero-order valence-electron chi connectivity index (χ0n) is 8.76. The smallest absolute Gasteiger partial charge is 0.231 e. The van der Waals surface area contributed by atoms with Gasteiger partial charge in [-0.25, -0.2) is 0 Å². The van der Waals surface area contributed by atoms with Crippen molar-refractivity contribution >= 4 is 5.91 Å². The summed E-state index contributed by atoms with van der Waals surface area (Å²) in [7, 11) is 0. The summed E-state index contributed by atoms with van der Waals surface area (Å²) in [6.45, 7) is 5.97. The molecule has 0 saturated carbocycles. The van der Waals surface area contributed by atoms with Gasteiger partial charge in [-0.3, -0.25) is 4.79 Å². The predicted molar refractivity (Wildman–Crippen MR) is 53.8 cm³/mol. The summed E-state index contributed by atoms with van der Waals surface area (Å²) in [5, 5.41) is 3.02. The van der Waals surface area contributed by atoms with Crippen LogP contribution in [0.15, 0.2) is 10.5 Å². The lowest BCUT2D eigenvalue weighted by atomic mass is 10.1. The van der Waals surface area contributed by atoms with E-state index in [0.717, 1.165) is 17.1 Å². The summed E-state index contributed by atoms with van der Waals surface area (Å²) in [5.74, 6) is 1.41. The minimum Gasteiger partial charge on any atom is -0.466 e. The van der Waals surface area contributed by atoms with Crippen LogP contribution in [0.25, 0.3) is 0 Å². The van der Waals surface area contributed by atoms with Crippen molar-refractivity contribution in [1.29, 1.82) is 0 Å². The van der Waals surface area contributed by atoms with E-state index in [-0.39, 0.29) is 18.5 Å². The van der Waals surface area contributed by atoms with E-state index in [1.165, 1.54) is 0 Å². The van der Waals surface area contributed by atoms with Gasteiger partial charge in [0.2, 0.25) is 5.91 Å². The number of primary amides is 1. The van der Waals surface area contributed by atoms with Crippen molar-refractivity contribution in [2.45, 2.75) is 26.8 Å². The fourth-order valence-corrected chi connectivity index (χ4v) is 1.44. The van der Waals surface area contributed by atoms with Gasteiger partial charge in [-0.1, -0.05) is 0 Å². The van der Waals surface area contributed by atoms with Crippen LogP contribution in [-0.2, 0) is 4.79 Å². The topological polar surface area (TPSA) is 68.3 Å². The Morgan fingerprint density at radius 1 is 1.64 bits per heavy atom. The fourth-order valence-electron chi connectivity index (χ4n) is 1.44. The Morgan fingerprint density at radius 2 is 2.29 bits per heavy atom. The number of rotatable bonds is 4. The third-order valence-corrected chi connectivity index (χ3v) is 2.13. The van der Waals surface area contributed by atoms with E-state index in [0.29, 0.717) is 0 Å². The molecule has 1 heterocycles. The molecule has 0 aliphatic heterocycles. The molecule has 1 aromatic heterocycles. The van der Waals surface area contributed by atoms with E-state index in [1.54, 1.807) is 0 Å². The Balaban J connectivity index is 2.64. The second-order valence-electron chi connectivity index (χ2n) is 3.44. The average molecular weight is 196 g/mol. The molecule has 78 valence electrons. The predicted octanol–water partition coefficient (Wildman–Crippen LogP) is 1.03. The average Bonchev–Trinajstić information content (AvgIpc) is 2.41. The number of hydrogen-bond acceptors (Lipinski definition) is 3. The molecule has 0 fully saturated rings. The molecule has 4 heteroatoms. The van der Waals surface area contributed by atoms with Gasteiger partial charge in [0.05, 0.1) is 6.54 Å². The van der Waals surface area contributed by atoms with Crippen LogP contribution >= 0.6 is 0 Å². The summed E-state index contributed by atoms with van der Waals surface area (Å²) in [6, 6.07) is 2.05. The van der Waals surface area contributed by atoms with E-state index in [4.69, 9.17) is 10.2 Å². The van der Waals surface area contributed by atoms with Crippen molar-refractivity contribution in [3.05, 3.63) is 23.2 Å². The molecule has 1 unspecified atom stereocenters. The lowest BCUT2D eigenvalue weighted by Crippen LogP contribution is -2.30. The SMILES string of the molecule is Cc1cc(C(C)NCC(N)=O)c(C)o1. The van der Waals surface area contributed by atoms with Crippen molar-refractivity contribution in [2.24, 2.45) is 5.73 Å². The van der Waals surface area contributed by atoms with Crippen LogP contribution in [0.4, 0.5) is 0 Å². The second-order valence-corrected chi connectivity index (χ2v) is 3.44. The van der Waals surface area contributed by atoms with Gasteiger partial charge in [-0.2, -0.15) is 0 Å². The molecule has 0 spiro atoms. The van der Waals surface area contributed by atoms with E-state index in [2.05, 4.69) is 5.32 Å². The summed E-state index contributed by atoms with van der Waals surface area (Å²) >= 11 is 0. The third-order valence-electron chi connectivity index (χ3n) is 2.13. The fraction of sp³-hybridized carbons (Fsp3) is 0.500. The highest BCUT2D eigenvalue weighted by molar-refractivity contribution is 5.75. The number of amides is 1. The van der Waals surface area contributed by atoms with Crippen molar-refractivity contribution in [3.63, 3.8) is 0 Å². The first-order valence-electron chi connectivity index (χ1n) is 4.59. The van der Waals surface area contributed by atoms with Gasteiger partial charge in [0.25, 0.3) is 0 Å². The molecule has 4 nitrogen and oxygen atoms in total.